The van der Waals surface area contributed by atoms with Crippen LogP contribution in [0.3, 0.4) is 0 Å². The Balaban J connectivity index is 1.68. The summed E-state index contributed by atoms with van der Waals surface area (Å²) in [6, 6.07) is 21.2. The van der Waals surface area contributed by atoms with E-state index < -0.39 is 5.97 Å². The molecule has 0 unspecified atom stereocenters. The van der Waals surface area contributed by atoms with Gasteiger partial charge in [-0.05, 0) is 48.0 Å². The molecule has 0 radical (unpaired) electrons. The number of amides is 1. The lowest BCUT2D eigenvalue weighted by Crippen LogP contribution is -2.12. The summed E-state index contributed by atoms with van der Waals surface area (Å²) in [6.07, 6.45) is 0. The quantitative estimate of drug-likeness (QED) is 0.608. The van der Waals surface area contributed by atoms with Crippen LogP contribution in [0.4, 0.5) is 5.69 Å². The Morgan fingerprint density at radius 1 is 0.828 bits per heavy atom. The molecule has 6 heteroatoms. The number of nitrogens with one attached hydrogen (secondary N) is 1. The minimum Gasteiger partial charge on any atom is -0.493 e. The van der Waals surface area contributed by atoms with Gasteiger partial charge in [0, 0.05) is 11.3 Å². The zero-order chi connectivity index (χ0) is 20.6. The van der Waals surface area contributed by atoms with Crippen molar-refractivity contribution in [1.29, 1.82) is 0 Å². The van der Waals surface area contributed by atoms with Gasteiger partial charge in [-0.25, -0.2) is 4.79 Å². The molecule has 0 saturated heterocycles. The van der Waals surface area contributed by atoms with Gasteiger partial charge >= 0.3 is 5.97 Å². The molecular formula is C23H21NO5. The van der Waals surface area contributed by atoms with Crippen LogP contribution < -0.4 is 14.8 Å². The minimum absolute atomic E-state index is 0.302. The molecule has 1 N–H and O–H groups in total. The first-order valence-electron chi connectivity index (χ1n) is 8.95. The van der Waals surface area contributed by atoms with E-state index in [1.165, 1.54) is 14.2 Å². The number of rotatable bonds is 7. The van der Waals surface area contributed by atoms with Crippen molar-refractivity contribution in [3.05, 3.63) is 89.5 Å². The summed E-state index contributed by atoms with van der Waals surface area (Å²) in [5, 5.41) is 2.78. The average molecular weight is 391 g/mol. The molecule has 0 saturated carbocycles. The van der Waals surface area contributed by atoms with Gasteiger partial charge in [0.25, 0.3) is 5.91 Å². The third-order valence-corrected chi connectivity index (χ3v) is 4.23. The Bertz CT molecular complexity index is 984. The minimum atomic E-state index is -0.432. The molecule has 0 aliphatic carbocycles. The molecule has 0 bridgehead atoms. The smallest absolute Gasteiger partial charge is 0.337 e. The Kier molecular flexibility index (Phi) is 6.47. The van der Waals surface area contributed by atoms with E-state index in [2.05, 4.69) is 10.1 Å². The fraction of sp³-hybridized carbons (Fsp3) is 0.130. The molecule has 148 valence electrons. The van der Waals surface area contributed by atoms with Gasteiger partial charge in [-0.3, -0.25) is 4.79 Å². The van der Waals surface area contributed by atoms with Gasteiger partial charge in [0.15, 0.2) is 11.5 Å². The lowest BCUT2D eigenvalue weighted by Gasteiger charge is -2.12. The van der Waals surface area contributed by atoms with Gasteiger partial charge in [0.2, 0.25) is 0 Å². The highest BCUT2D eigenvalue weighted by molar-refractivity contribution is 6.04. The van der Waals surface area contributed by atoms with Gasteiger partial charge in [-0.15, -0.1) is 0 Å². The van der Waals surface area contributed by atoms with E-state index >= 15 is 0 Å². The number of ether oxygens (including phenoxy) is 3. The van der Waals surface area contributed by atoms with Crippen LogP contribution in [0.25, 0.3) is 0 Å². The number of hydrogen-bond donors (Lipinski definition) is 1. The van der Waals surface area contributed by atoms with Crippen LogP contribution in [0, 0.1) is 0 Å². The van der Waals surface area contributed by atoms with Gasteiger partial charge < -0.3 is 19.5 Å². The highest BCUT2D eigenvalue weighted by Gasteiger charge is 2.12. The van der Waals surface area contributed by atoms with Crippen molar-refractivity contribution in [1.82, 2.24) is 0 Å². The first kappa shape index (κ1) is 19.9. The van der Waals surface area contributed by atoms with Crippen LogP contribution in [0.1, 0.15) is 26.3 Å². The van der Waals surface area contributed by atoms with Crippen LogP contribution in [-0.2, 0) is 11.3 Å². The maximum Gasteiger partial charge on any atom is 0.337 e. The number of anilines is 1. The molecular weight excluding hydrogens is 370 g/mol. The van der Waals surface area contributed by atoms with E-state index in [1.54, 1.807) is 42.5 Å². The van der Waals surface area contributed by atoms with Crippen LogP contribution in [0.5, 0.6) is 11.5 Å². The predicted molar refractivity (Wildman–Crippen MR) is 110 cm³/mol. The highest BCUT2D eigenvalue weighted by atomic mass is 16.5. The van der Waals surface area contributed by atoms with Crippen LogP contribution in [0.2, 0.25) is 0 Å². The molecule has 0 spiro atoms. The molecule has 3 rings (SSSR count). The second-order valence-corrected chi connectivity index (χ2v) is 6.16. The van der Waals surface area contributed by atoms with Crippen LogP contribution in [0.15, 0.2) is 72.8 Å². The van der Waals surface area contributed by atoms with Crippen molar-refractivity contribution in [2.75, 3.05) is 19.5 Å². The van der Waals surface area contributed by atoms with Crippen LogP contribution in [-0.4, -0.2) is 26.1 Å². The molecule has 29 heavy (non-hydrogen) atoms. The molecule has 3 aromatic rings. The number of esters is 1. The fourth-order valence-corrected chi connectivity index (χ4v) is 2.67. The van der Waals surface area contributed by atoms with Gasteiger partial charge in [-0.1, -0.05) is 30.3 Å². The first-order valence-corrected chi connectivity index (χ1v) is 8.95. The Morgan fingerprint density at radius 3 is 2.17 bits per heavy atom. The summed E-state index contributed by atoms with van der Waals surface area (Å²) in [7, 11) is 2.84. The van der Waals surface area contributed by atoms with Crippen molar-refractivity contribution < 1.29 is 23.8 Å². The predicted octanol–water partition coefficient (Wildman–Crippen LogP) is 4.31. The maximum absolute atomic E-state index is 12.5. The van der Waals surface area contributed by atoms with E-state index in [1.807, 2.05) is 30.3 Å². The zero-order valence-corrected chi connectivity index (χ0v) is 16.2. The molecule has 1 amide bonds. The number of methoxy groups -OCH3 is 2. The van der Waals surface area contributed by atoms with Gasteiger partial charge in [0.05, 0.1) is 19.8 Å². The largest absolute Gasteiger partial charge is 0.493 e. The van der Waals surface area contributed by atoms with Crippen molar-refractivity contribution in [3.63, 3.8) is 0 Å². The monoisotopic (exact) mass is 391 g/mol. The topological polar surface area (TPSA) is 73.9 Å². The second-order valence-electron chi connectivity index (χ2n) is 6.16. The summed E-state index contributed by atoms with van der Waals surface area (Å²) in [5.41, 5.74) is 2.43. The SMILES string of the molecule is COC(=O)c1ccc(NC(=O)c2ccc(OCc3ccccc3)c(OC)c2)cc1. The van der Waals surface area contributed by atoms with Gasteiger partial charge in [0.1, 0.15) is 6.61 Å². The van der Waals surface area contributed by atoms with E-state index in [4.69, 9.17) is 9.47 Å². The summed E-state index contributed by atoms with van der Waals surface area (Å²) in [6.45, 7) is 0.398. The molecule has 0 atom stereocenters. The molecule has 6 nitrogen and oxygen atoms in total. The van der Waals surface area contributed by atoms with E-state index in [-0.39, 0.29) is 5.91 Å². The highest BCUT2D eigenvalue weighted by Crippen LogP contribution is 2.29. The third kappa shape index (κ3) is 5.13. The number of carbonyl (C=O) groups excluding carboxylic acids is 2. The molecule has 3 aromatic carbocycles. The van der Waals surface area contributed by atoms with E-state index in [0.717, 1.165) is 5.56 Å². The van der Waals surface area contributed by atoms with Crippen molar-refractivity contribution in [2.45, 2.75) is 6.61 Å². The van der Waals surface area contributed by atoms with Crippen LogP contribution >= 0.6 is 0 Å². The van der Waals surface area contributed by atoms with E-state index in [0.29, 0.717) is 34.9 Å². The fourth-order valence-electron chi connectivity index (χ4n) is 2.67. The average Bonchev–Trinajstić information content (AvgIpc) is 2.78. The lowest BCUT2D eigenvalue weighted by atomic mass is 10.1. The normalized spacial score (nSPS) is 10.1. The number of carbonyl (C=O) groups is 2. The molecule has 0 heterocycles. The maximum atomic E-state index is 12.5. The molecule has 0 aliphatic rings. The first-order chi connectivity index (χ1) is 14.1. The Labute approximate surface area is 169 Å². The third-order valence-electron chi connectivity index (χ3n) is 4.23. The zero-order valence-electron chi connectivity index (χ0n) is 16.2. The van der Waals surface area contributed by atoms with Crippen molar-refractivity contribution in [2.24, 2.45) is 0 Å². The number of hydrogen-bond acceptors (Lipinski definition) is 5. The lowest BCUT2D eigenvalue weighted by molar-refractivity contribution is 0.0600. The Hall–Kier alpha value is -3.80. The molecule has 0 fully saturated rings. The summed E-state index contributed by atoms with van der Waals surface area (Å²) >= 11 is 0. The Morgan fingerprint density at radius 2 is 1.52 bits per heavy atom. The number of benzene rings is 3. The van der Waals surface area contributed by atoms with Crippen molar-refractivity contribution in [3.8, 4) is 11.5 Å². The summed E-state index contributed by atoms with van der Waals surface area (Å²) in [4.78, 5) is 24.0. The summed E-state index contributed by atoms with van der Waals surface area (Å²) in [5.74, 6) is 0.285. The molecule has 0 aromatic heterocycles. The second kappa shape index (κ2) is 9.41. The van der Waals surface area contributed by atoms with E-state index in [9.17, 15) is 9.59 Å². The molecule has 0 aliphatic heterocycles. The van der Waals surface area contributed by atoms with Gasteiger partial charge in [-0.2, -0.15) is 0 Å². The van der Waals surface area contributed by atoms with Crippen molar-refractivity contribution >= 4 is 17.6 Å². The summed E-state index contributed by atoms with van der Waals surface area (Å²) < 4.78 is 15.8. The standard InChI is InChI=1S/C23H21NO5/c1-27-21-14-18(10-13-20(21)29-15-16-6-4-3-5-7-16)22(25)24-19-11-8-17(9-12-19)23(26)28-2/h3-14H,15H2,1-2H3,(H,24,25).